The van der Waals surface area contributed by atoms with E-state index in [4.69, 9.17) is 9.47 Å². The molecule has 1 unspecified atom stereocenters. The van der Waals surface area contributed by atoms with Crippen molar-refractivity contribution < 1.29 is 29.3 Å². The average molecular weight is 531 g/mol. The summed E-state index contributed by atoms with van der Waals surface area (Å²) in [4.78, 5) is 32.9. The van der Waals surface area contributed by atoms with Gasteiger partial charge in [-0.1, -0.05) is 23.5 Å². The van der Waals surface area contributed by atoms with Gasteiger partial charge in [-0.2, -0.15) is 0 Å². The van der Waals surface area contributed by atoms with Gasteiger partial charge in [-0.3, -0.25) is 14.5 Å². The summed E-state index contributed by atoms with van der Waals surface area (Å²) < 4.78 is 11.9. The zero-order chi connectivity index (χ0) is 27.0. The van der Waals surface area contributed by atoms with Gasteiger partial charge in [0.1, 0.15) is 11.5 Å². The molecule has 3 aromatic carbocycles. The number of fused-ring (bicyclic) bond motifs is 1. The molecular formula is C29H26N2O6S. The molecule has 8 nitrogen and oxygen atoms in total. The first-order chi connectivity index (χ1) is 18.3. The number of phenols is 1. The van der Waals surface area contributed by atoms with Crippen LogP contribution in [0.4, 0.5) is 5.13 Å². The number of hydrogen-bond donors (Lipinski definition) is 2. The number of Topliss-reactive ketones (excluding diaryl/α,β-unsaturated/α-hetero) is 1. The Morgan fingerprint density at radius 1 is 1.00 bits per heavy atom. The van der Waals surface area contributed by atoms with Crippen molar-refractivity contribution in [1.29, 1.82) is 0 Å². The predicted molar refractivity (Wildman–Crippen MR) is 146 cm³/mol. The molecule has 0 aliphatic carbocycles. The molecule has 1 atom stereocenters. The molecule has 0 spiro atoms. The van der Waals surface area contributed by atoms with E-state index in [-0.39, 0.29) is 22.8 Å². The molecule has 9 heteroatoms. The van der Waals surface area contributed by atoms with Crippen molar-refractivity contribution in [3.8, 4) is 17.2 Å². The van der Waals surface area contributed by atoms with Gasteiger partial charge in [0.15, 0.2) is 16.6 Å². The third kappa shape index (κ3) is 4.45. The second-order valence-electron chi connectivity index (χ2n) is 8.75. The fraction of sp³-hybridized carbons (Fsp3) is 0.207. The average Bonchev–Trinajstić information content (AvgIpc) is 3.43. The lowest BCUT2D eigenvalue weighted by atomic mass is 9.95. The van der Waals surface area contributed by atoms with Crippen molar-refractivity contribution in [3.05, 3.63) is 82.9 Å². The largest absolute Gasteiger partial charge is 0.507 e. The maximum atomic E-state index is 13.5. The summed E-state index contributed by atoms with van der Waals surface area (Å²) in [7, 11) is 0. The number of aromatic hydroxyl groups is 1. The van der Waals surface area contributed by atoms with Crippen LogP contribution in [-0.4, -0.2) is 40.1 Å². The number of aryl methyl sites for hydroxylation is 1. The third-order valence-electron chi connectivity index (χ3n) is 6.22. The van der Waals surface area contributed by atoms with Crippen molar-refractivity contribution in [2.24, 2.45) is 0 Å². The van der Waals surface area contributed by atoms with Crippen LogP contribution in [0.3, 0.4) is 0 Å². The van der Waals surface area contributed by atoms with Gasteiger partial charge in [-0.05, 0) is 80.4 Å². The molecule has 2 heterocycles. The van der Waals surface area contributed by atoms with Gasteiger partial charge in [-0.25, -0.2) is 4.98 Å². The van der Waals surface area contributed by atoms with Crippen LogP contribution in [0.5, 0.6) is 17.2 Å². The number of aliphatic hydroxyl groups excluding tert-OH is 1. The first-order valence-corrected chi connectivity index (χ1v) is 13.0. The SMILES string of the molecule is CCOc1ccc(/C(O)=C2\C(=O)C(=O)N(c3nc4ccc(C)cc4s3)C2c2ccc(O)c(OCC)c2)cc1. The lowest BCUT2D eigenvalue weighted by Crippen LogP contribution is -2.29. The highest BCUT2D eigenvalue weighted by Crippen LogP contribution is 2.45. The van der Waals surface area contributed by atoms with E-state index in [0.717, 1.165) is 10.3 Å². The molecule has 2 N–H and O–H groups in total. The number of carbonyl (C=O) groups is 2. The zero-order valence-corrected chi connectivity index (χ0v) is 21.9. The van der Waals surface area contributed by atoms with E-state index >= 15 is 0 Å². The molecular weight excluding hydrogens is 504 g/mol. The van der Waals surface area contributed by atoms with E-state index in [1.54, 1.807) is 43.3 Å². The maximum Gasteiger partial charge on any atom is 0.301 e. The van der Waals surface area contributed by atoms with Crippen molar-refractivity contribution >= 4 is 44.1 Å². The molecule has 5 rings (SSSR count). The molecule has 1 aliphatic heterocycles. The van der Waals surface area contributed by atoms with Crippen LogP contribution in [0.15, 0.2) is 66.2 Å². The number of carbonyl (C=O) groups excluding carboxylic acids is 2. The minimum atomic E-state index is -0.997. The number of nitrogens with zero attached hydrogens (tertiary/aromatic N) is 2. The van der Waals surface area contributed by atoms with Crippen molar-refractivity contribution in [2.75, 3.05) is 18.1 Å². The molecule has 1 aliphatic rings. The Bertz CT molecular complexity index is 1570. The van der Waals surface area contributed by atoms with Gasteiger partial charge in [0.25, 0.3) is 5.78 Å². The molecule has 1 saturated heterocycles. The Morgan fingerprint density at radius 2 is 1.74 bits per heavy atom. The zero-order valence-electron chi connectivity index (χ0n) is 21.1. The fourth-order valence-electron chi connectivity index (χ4n) is 4.47. The number of aromatic nitrogens is 1. The van der Waals surface area contributed by atoms with Crippen LogP contribution < -0.4 is 14.4 Å². The summed E-state index contributed by atoms with van der Waals surface area (Å²) in [5, 5.41) is 22.0. The summed E-state index contributed by atoms with van der Waals surface area (Å²) >= 11 is 1.29. The Labute approximate surface area is 223 Å². The molecule has 1 amide bonds. The lowest BCUT2D eigenvalue weighted by Gasteiger charge is -2.23. The highest BCUT2D eigenvalue weighted by molar-refractivity contribution is 7.22. The minimum absolute atomic E-state index is 0.0745. The Kier molecular flexibility index (Phi) is 6.77. The van der Waals surface area contributed by atoms with Crippen LogP contribution in [0.1, 0.15) is 36.6 Å². The summed E-state index contributed by atoms with van der Waals surface area (Å²) in [6, 6.07) is 16.0. The molecule has 0 radical (unpaired) electrons. The van der Waals surface area contributed by atoms with Gasteiger partial charge in [-0.15, -0.1) is 0 Å². The van der Waals surface area contributed by atoms with E-state index in [0.29, 0.717) is 40.7 Å². The first-order valence-electron chi connectivity index (χ1n) is 12.2. The van der Waals surface area contributed by atoms with Crippen molar-refractivity contribution in [3.63, 3.8) is 0 Å². The third-order valence-corrected chi connectivity index (χ3v) is 7.24. The van der Waals surface area contributed by atoms with E-state index in [2.05, 4.69) is 4.98 Å². The Hall–Kier alpha value is -4.37. The number of ether oxygens (including phenoxy) is 2. The van der Waals surface area contributed by atoms with Gasteiger partial charge in [0.05, 0.1) is 35.0 Å². The minimum Gasteiger partial charge on any atom is -0.507 e. The topological polar surface area (TPSA) is 109 Å². The Morgan fingerprint density at radius 3 is 2.45 bits per heavy atom. The van der Waals surface area contributed by atoms with Crippen LogP contribution in [-0.2, 0) is 9.59 Å². The summed E-state index contributed by atoms with van der Waals surface area (Å²) in [5.41, 5.74) is 2.50. The standard InChI is InChI=1S/C29H26N2O6S/c1-4-36-19-10-7-17(8-11-19)26(33)24-25(18-9-13-21(32)22(15-18)37-5-2)31(28(35)27(24)34)29-30-20-12-6-16(3)14-23(20)38-29/h6-15,25,32-33H,4-5H2,1-3H3/b26-24+. The maximum absolute atomic E-state index is 13.5. The molecule has 4 aromatic rings. The second-order valence-corrected chi connectivity index (χ2v) is 9.76. The second kappa shape index (κ2) is 10.2. The number of anilines is 1. The van der Waals surface area contributed by atoms with E-state index in [9.17, 15) is 19.8 Å². The number of thiazole rings is 1. The van der Waals surface area contributed by atoms with Gasteiger partial charge in [0.2, 0.25) is 0 Å². The number of phenolic OH excluding ortho intramolecular Hbond substituents is 1. The number of amides is 1. The highest BCUT2D eigenvalue weighted by atomic mass is 32.1. The fourth-order valence-corrected chi connectivity index (χ4v) is 5.56. The number of ketones is 1. The summed E-state index contributed by atoms with van der Waals surface area (Å²) in [6.07, 6.45) is 0. The highest BCUT2D eigenvalue weighted by Gasteiger charge is 2.48. The molecule has 194 valence electrons. The summed E-state index contributed by atoms with van der Waals surface area (Å²) in [6.45, 7) is 6.41. The van der Waals surface area contributed by atoms with Crippen LogP contribution in [0.25, 0.3) is 16.0 Å². The van der Waals surface area contributed by atoms with Crippen molar-refractivity contribution in [1.82, 2.24) is 4.98 Å². The van der Waals surface area contributed by atoms with E-state index < -0.39 is 17.7 Å². The number of benzene rings is 3. The van der Waals surface area contributed by atoms with Gasteiger partial charge < -0.3 is 19.7 Å². The van der Waals surface area contributed by atoms with E-state index in [1.807, 2.05) is 32.0 Å². The van der Waals surface area contributed by atoms with E-state index in [1.165, 1.54) is 22.3 Å². The van der Waals surface area contributed by atoms with Gasteiger partial charge >= 0.3 is 5.91 Å². The molecule has 1 aromatic heterocycles. The first kappa shape index (κ1) is 25.3. The molecule has 38 heavy (non-hydrogen) atoms. The van der Waals surface area contributed by atoms with Crippen molar-refractivity contribution in [2.45, 2.75) is 26.8 Å². The lowest BCUT2D eigenvalue weighted by molar-refractivity contribution is -0.132. The van der Waals surface area contributed by atoms with Gasteiger partial charge in [0, 0.05) is 5.56 Å². The van der Waals surface area contributed by atoms with Crippen LogP contribution >= 0.6 is 11.3 Å². The predicted octanol–water partition coefficient (Wildman–Crippen LogP) is 5.73. The number of hydrogen-bond acceptors (Lipinski definition) is 8. The quantitative estimate of drug-likeness (QED) is 0.178. The van der Waals surface area contributed by atoms with Crippen LogP contribution in [0.2, 0.25) is 0 Å². The molecule has 0 bridgehead atoms. The normalized spacial score (nSPS) is 16.8. The number of rotatable bonds is 7. The van der Waals surface area contributed by atoms with Crippen LogP contribution in [0, 0.1) is 6.92 Å². The Balaban J connectivity index is 1.70. The molecule has 1 fully saturated rings. The molecule has 0 saturated carbocycles. The summed E-state index contributed by atoms with van der Waals surface area (Å²) in [5.74, 6) is -1.20. The monoisotopic (exact) mass is 530 g/mol. The smallest absolute Gasteiger partial charge is 0.301 e. The number of aliphatic hydroxyl groups is 1.